The van der Waals surface area contributed by atoms with Gasteiger partial charge in [0.2, 0.25) is 0 Å². The number of nitrogens with zero attached hydrogens (tertiary/aromatic N) is 2. The van der Waals surface area contributed by atoms with Crippen molar-refractivity contribution in [2.24, 2.45) is 5.16 Å². The maximum atomic E-state index is 4.74. The van der Waals surface area contributed by atoms with Gasteiger partial charge in [0.15, 0.2) is 0 Å². The first-order chi connectivity index (χ1) is 5.88. The summed E-state index contributed by atoms with van der Waals surface area (Å²) in [6.07, 6.45) is 1.64. The zero-order valence-corrected chi connectivity index (χ0v) is 6.77. The molecule has 1 heterocycles. The number of para-hydroxylation sites is 1. The van der Waals surface area contributed by atoms with Gasteiger partial charge in [0, 0.05) is 5.69 Å². The Hall–Kier alpha value is -1.51. The molecule has 1 aromatic rings. The number of anilines is 1. The maximum Gasteiger partial charge on any atom is 0.264 e. The fourth-order valence-corrected chi connectivity index (χ4v) is 1.16. The molecule has 0 amide bonds. The van der Waals surface area contributed by atoms with Gasteiger partial charge in [-0.2, -0.15) is 0 Å². The Bertz CT molecular complexity index is 309. The molecule has 1 aliphatic heterocycles. The predicted molar refractivity (Wildman–Crippen MR) is 47.5 cm³/mol. The van der Waals surface area contributed by atoms with Gasteiger partial charge in [0.25, 0.3) is 6.73 Å². The molecule has 0 aromatic heterocycles. The molecule has 0 N–H and O–H groups in total. The van der Waals surface area contributed by atoms with Gasteiger partial charge in [0.05, 0.1) is 0 Å². The number of aryl methyl sites for hydroxylation is 1. The quantitative estimate of drug-likeness (QED) is 0.628. The second kappa shape index (κ2) is 2.85. The maximum absolute atomic E-state index is 4.74. The third-order valence-electron chi connectivity index (χ3n) is 1.79. The molecule has 0 aliphatic carbocycles. The number of oxime groups is 1. The van der Waals surface area contributed by atoms with Gasteiger partial charge in [-0.05, 0) is 18.6 Å². The first-order valence-electron chi connectivity index (χ1n) is 3.74. The molecule has 0 unspecified atom stereocenters. The summed E-state index contributed by atoms with van der Waals surface area (Å²) in [5, 5.41) is 3.63. The minimum absolute atomic E-state index is 1.10. The molecule has 3 nitrogen and oxygen atoms in total. The van der Waals surface area contributed by atoms with Crippen molar-refractivity contribution in [1.82, 2.24) is 0 Å². The SMILES string of the molecule is Cc1ccccc1N1[CH]ON=C1. The van der Waals surface area contributed by atoms with E-state index in [0.29, 0.717) is 0 Å². The zero-order chi connectivity index (χ0) is 8.39. The van der Waals surface area contributed by atoms with Gasteiger partial charge < -0.3 is 4.84 Å². The largest absolute Gasteiger partial charge is 0.362 e. The summed E-state index contributed by atoms with van der Waals surface area (Å²) in [7, 11) is 0. The van der Waals surface area contributed by atoms with Crippen LogP contribution in [0.5, 0.6) is 0 Å². The van der Waals surface area contributed by atoms with E-state index < -0.39 is 0 Å². The molecule has 61 valence electrons. The summed E-state index contributed by atoms with van der Waals surface area (Å²) in [6, 6.07) is 8.07. The summed E-state index contributed by atoms with van der Waals surface area (Å²) in [4.78, 5) is 6.58. The molecule has 0 fully saturated rings. The lowest BCUT2D eigenvalue weighted by Gasteiger charge is -2.12. The molecule has 1 aliphatic rings. The Labute approximate surface area is 71.2 Å². The molecule has 0 atom stereocenters. The first kappa shape index (κ1) is 7.16. The Kier molecular flexibility index (Phi) is 1.70. The van der Waals surface area contributed by atoms with E-state index in [4.69, 9.17) is 4.84 Å². The minimum Gasteiger partial charge on any atom is -0.362 e. The Balaban J connectivity index is 2.33. The van der Waals surface area contributed by atoms with Gasteiger partial charge in [-0.3, -0.25) is 4.90 Å². The first-order valence-corrected chi connectivity index (χ1v) is 3.74. The monoisotopic (exact) mass is 161 g/mol. The van der Waals surface area contributed by atoms with Crippen LogP contribution in [0.25, 0.3) is 0 Å². The fourth-order valence-electron chi connectivity index (χ4n) is 1.16. The van der Waals surface area contributed by atoms with Crippen molar-refractivity contribution in [2.75, 3.05) is 4.90 Å². The van der Waals surface area contributed by atoms with Crippen LogP contribution in [0.4, 0.5) is 5.69 Å². The highest BCUT2D eigenvalue weighted by Gasteiger charge is 2.11. The Morgan fingerprint density at radius 3 is 2.83 bits per heavy atom. The molecule has 0 saturated heterocycles. The lowest BCUT2D eigenvalue weighted by molar-refractivity contribution is 0.235. The number of hydrogen-bond donors (Lipinski definition) is 0. The van der Waals surface area contributed by atoms with E-state index in [-0.39, 0.29) is 0 Å². The highest BCUT2D eigenvalue weighted by atomic mass is 16.6. The molecule has 0 spiro atoms. The summed E-state index contributed by atoms with van der Waals surface area (Å²) in [5.74, 6) is 0. The van der Waals surface area contributed by atoms with Crippen LogP contribution in [0.1, 0.15) is 5.56 Å². The van der Waals surface area contributed by atoms with Crippen LogP contribution in [0.3, 0.4) is 0 Å². The third kappa shape index (κ3) is 1.13. The molecule has 12 heavy (non-hydrogen) atoms. The van der Waals surface area contributed by atoms with E-state index in [9.17, 15) is 0 Å². The fraction of sp³-hybridized carbons (Fsp3) is 0.111. The van der Waals surface area contributed by atoms with Crippen LogP contribution in [0.15, 0.2) is 29.4 Å². The summed E-state index contributed by atoms with van der Waals surface area (Å²) >= 11 is 0. The van der Waals surface area contributed by atoms with E-state index >= 15 is 0 Å². The van der Waals surface area contributed by atoms with Crippen molar-refractivity contribution >= 4 is 12.0 Å². The van der Waals surface area contributed by atoms with Gasteiger partial charge >= 0.3 is 0 Å². The van der Waals surface area contributed by atoms with Gasteiger partial charge in [0.1, 0.15) is 6.34 Å². The second-order valence-corrected chi connectivity index (χ2v) is 2.63. The molecule has 0 saturated carbocycles. The molecule has 1 radical (unpaired) electrons. The standard InChI is InChI=1S/C9H9N2O/c1-8-4-2-3-5-9(8)11-6-10-12-7-11/h2-7H,1H3. The lowest BCUT2D eigenvalue weighted by atomic mass is 10.2. The van der Waals surface area contributed by atoms with Crippen molar-refractivity contribution in [3.8, 4) is 0 Å². The molecule has 2 rings (SSSR count). The lowest BCUT2D eigenvalue weighted by Crippen LogP contribution is -2.13. The predicted octanol–water partition coefficient (Wildman–Crippen LogP) is 1.89. The second-order valence-electron chi connectivity index (χ2n) is 2.63. The average Bonchev–Trinajstić information content (AvgIpc) is 2.57. The molecule has 1 aromatic carbocycles. The third-order valence-corrected chi connectivity index (χ3v) is 1.79. The Morgan fingerprint density at radius 1 is 1.33 bits per heavy atom. The van der Waals surface area contributed by atoms with E-state index in [1.54, 1.807) is 13.1 Å². The highest BCUT2D eigenvalue weighted by molar-refractivity contribution is 5.82. The topological polar surface area (TPSA) is 24.8 Å². The van der Waals surface area contributed by atoms with Crippen LogP contribution in [-0.2, 0) is 4.84 Å². The van der Waals surface area contributed by atoms with Crippen molar-refractivity contribution in [1.29, 1.82) is 0 Å². The summed E-state index contributed by atoms with van der Waals surface area (Å²) in [5.41, 5.74) is 2.30. The number of rotatable bonds is 1. The van der Waals surface area contributed by atoms with Gasteiger partial charge in [-0.15, -0.1) is 0 Å². The van der Waals surface area contributed by atoms with Crippen LogP contribution < -0.4 is 4.90 Å². The summed E-state index contributed by atoms with van der Waals surface area (Å²) < 4.78 is 0. The van der Waals surface area contributed by atoms with Crippen molar-refractivity contribution < 1.29 is 4.84 Å². The van der Waals surface area contributed by atoms with Crippen molar-refractivity contribution in [2.45, 2.75) is 6.92 Å². The number of hydrogen-bond acceptors (Lipinski definition) is 3. The Morgan fingerprint density at radius 2 is 2.17 bits per heavy atom. The molecule has 0 bridgehead atoms. The molecular formula is C9H9N2O. The van der Waals surface area contributed by atoms with E-state index in [1.165, 1.54) is 5.56 Å². The van der Waals surface area contributed by atoms with Crippen molar-refractivity contribution in [3.63, 3.8) is 0 Å². The zero-order valence-electron chi connectivity index (χ0n) is 6.77. The van der Waals surface area contributed by atoms with Crippen molar-refractivity contribution in [3.05, 3.63) is 36.6 Å². The minimum atomic E-state index is 1.10. The number of benzene rings is 1. The van der Waals surface area contributed by atoms with Gasteiger partial charge in [-0.1, -0.05) is 23.4 Å². The van der Waals surface area contributed by atoms with Crippen LogP contribution >= 0.6 is 0 Å². The molecule has 3 heteroatoms. The van der Waals surface area contributed by atoms with E-state index in [1.807, 2.05) is 23.1 Å². The van der Waals surface area contributed by atoms with Gasteiger partial charge in [-0.25, -0.2) is 0 Å². The van der Waals surface area contributed by atoms with Crippen LogP contribution in [0, 0.1) is 13.7 Å². The van der Waals surface area contributed by atoms with Crippen LogP contribution in [0.2, 0.25) is 0 Å². The highest BCUT2D eigenvalue weighted by Crippen LogP contribution is 2.21. The smallest absolute Gasteiger partial charge is 0.264 e. The summed E-state index contributed by atoms with van der Waals surface area (Å²) in [6.45, 7) is 3.62. The average molecular weight is 161 g/mol. The van der Waals surface area contributed by atoms with E-state index in [0.717, 1.165) is 5.69 Å². The van der Waals surface area contributed by atoms with E-state index in [2.05, 4.69) is 18.1 Å². The normalized spacial score (nSPS) is 14.9. The van der Waals surface area contributed by atoms with Crippen LogP contribution in [-0.4, -0.2) is 6.34 Å². The molecular weight excluding hydrogens is 152 g/mol.